The molecule has 4 nitrogen and oxygen atoms in total. The van der Waals surface area contributed by atoms with Gasteiger partial charge in [-0.3, -0.25) is 0 Å². The van der Waals surface area contributed by atoms with Crippen LogP contribution in [0.4, 0.5) is 0 Å². The summed E-state index contributed by atoms with van der Waals surface area (Å²) >= 11 is 0. The summed E-state index contributed by atoms with van der Waals surface area (Å²) < 4.78 is 0. The molecule has 156 valence electrons. The van der Waals surface area contributed by atoms with Gasteiger partial charge in [0.15, 0.2) is 0 Å². The molecule has 4 heteroatoms. The van der Waals surface area contributed by atoms with Crippen molar-refractivity contribution in [3.8, 4) is 0 Å². The van der Waals surface area contributed by atoms with Crippen molar-refractivity contribution in [3.63, 3.8) is 0 Å². The molecule has 0 amide bonds. The summed E-state index contributed by atoms with van der Waals surface area (Å²) in [6.07, 6.45) is 1.30. The van der Waals surface area contributed by atoms with E-state index in [4.69, 9.17) is 0 Å². The lowest BCUT2D eigenvalue weighted by Gasteiger charge is -2.26. The first-order valence-corrected chi connectivity index (χ1v) is 11.2. The van der Waals surface area contributed by atoms with Gasteiger partial charge in [-0.05, 0) is 39.1 Å². The summed E-state index contributed by atoms with van der Waals surface area (Å²) in [5, 5.41) is 3.58. The Morgan fingerprint density at radius 3 is 1.20 bits per heavy atom. The first-order valence-electron chi connectivity index (χ1n) is 11.2. The van der Waals surface area contributed by atoms with Gasteiger partial charge in [-0.25, -0.2) is 0 Å². The van der Waals surface area contributed by atoms with Gasteiger partial charge in [0.1, 0.15) is 0 Å². The zero-order chi connectivity index (χ0) is 19.9. The van der Waals surface area contributed by atoms with E-state index in [1.165, 1.54) is 65.3 Å². The van der Waals surface area contributed by atoms with Crippen LogP contribution >= 0.6 is 0 Å². The Balaban J connectivity index is -0.000000725. The minimum atomic E-state index is 1.12. The molecule has 0 unspecified atom stereocenters. The minimum Gasteiger partial charge on any atom is -0.314 e. The molecule has 0 radical (unpaired) electrons. The van der Waals surface area contributed by atoms with Gasteiger partial charge >= 0.3 is 0 Å². The third-order valence-corrected chi connectivity index (χ3v) is 4.23. The van der Waals surface area contributed by atoms with Gasteiger partial charge in [0.2, 0.25) is 0 Å². The molecule has 0 aromatic carbocycles. The van der Waals surface area contributed by atoms with Crippen molar-refractivity contribution >= 4 is 0 Å². The molecule has 1 saturated heterocycles. The van der Waals surface area contributed by atoms with Gasteiger partial charge in [-0.2, -0.15) is 0 Å². The zero-order valence-electron chi connectivity index (χ0n) is 19.3. The molecule has 1 aliphatic rings. The van der Waals surface area contributed by atoms with E-state index < -0.39 is 0 Å². The van der Waals surface area contributed by atoms with E-state index in [-0.39, 0.29) is 0 Å². The fraction of sp³-hybridized carbons (Fsp3) is 1.00. The maximum atomic E-state index is 3.58. The van der Waals surface area contributed by atoms with Gasteiger partial charge in [0.25, 0.3) is 0 Å². The van der Waals surface area contributed by atoms with Crippen molar-refractivity contribution in [2.24, 2.45) is 0 Å². The smallest absolute Gasteiger partial charge is 0.0110 e. The summed E-state index contributed by atoms with van der Waals surface area (Å²) in [7, 11) is 0. The summed E-state index contributed by atoms with van der Waals surface area (Å²) in [4.78, 5) is 7.73. The third-order valence-electron chi connectivity index (χ3n) is 4.23. The fourth-order valence-electron chi connectivity index (χ4n) is 2.68. The monoisotopic (exact) mass is 360 g/mol. The quantitative estimate of drug-likeness (QED) is 0.820. The van der Waals surface area contributed by atoms with Crippen LogP contribution < -0.4 is 5.32 Å². The third kappa shape index (κ3) is 18.4. The number of hydrogen-bond donors (Lipinski definition) is 1. The Hall–Kier alpha value is -0.160. The summed E-state index contributed by atoms with van der Waals surface area (Å²) in [5.74, 6) is 0. The highest BCUT2D eigenvalue weighted by molar-refractivity contribution is 4.67. The van der Waals surface area contributed by atoms with Crippen LogP contribution in [0, 0.1) is 0 Å². The van der Waals surface area contributed by atoms with E-state index in [0.29, 0.717) is 0 Å². The summed E-state index contributed by atoms with van der Waals surface area (Å²) in [6.45, 7) is 31.9. The van der Waals surface area contributed by atoms with E-state index in [0.717, 1.165) is 13.1 Å². The van der Waals surface area contributed by atoms with Crippen molar-refractivity contribution in [3.05, 3.63) is 0 Å². The largest absolute Gasteiger partial charge is 0.314 e. The SMILES string of the molecule is CC.CC.CC.CCN1CCCN(CC)CCN(CC)CCNCC1. The average molecular weight is 361 g/mol. The highest BCUT2D eigenvalue weighted by atomic mass is 15.2. The first kappa shape index (κ1) is 29.6. The van der Waals surface area contributed by atoms with Gasteiger partial charge in [-0.15, -0.1) is 0 Å². The van der Waals surface area contributed by atoms with Crippen LogP contribution in [0.5, 0.6) is 0 Å². The second-order valence-electron chi connectivity index (χ2n) is 5.41. The molecular formula is C21H52N4. The Labute approximate surface area is 161 Å². The second-order valence-corrected chi connectivity index (χ2v) is 5.41. The van der Waals surface area contributed by atoms with Crippen molar-refractivity contribution in [1.82, 2.24) is 20.0 Å². The zero-order valence-corrected chi connectivity index (χ0v) is 19.3. The molecule has 25 heavy (non-hydrogen) atoms. The number of nitrogens with one attached hydrogen (secondary N) is 1. The van der Waals surface area contributed by atoms with Crippen molar-refractivity contribution < 1.29 is 0 Å². The summed E-state index contributed by atoms with van der Waals surface area (Å²) in [6, 6.07) is 0. The first-order chi connectivity index (χ1) is 12.3. The molecule has 0 aromatic rings. The minimum absolute atomic E-state index is 1.12. The molecule has 0 aliphatic carbocycles. The Kier molecular flexibility index (Phi) is 30.9. The van der Waals surface area contributed by atoms with Crippen LogP contribution in [-0.4, -0.2) is 86.7 Å². The van der Waals surface area contributed by atoms with E-state index in [9.17, 15) is 0 Å². The van der Waals surface area contributed by atoms with Gasteiger partial charge in [0, 0.05) is 39.3 Å². The van der Waals surface area contributed by atoms with Crippen molar-refractivity contribution in [2.45, 2.75) is 68.7 Å². The maximum Gasteiger partial charge on any atom is 0.0110 e. The number of nitrogens with zero attached hydrogens (tertiary/aromatic N) is 3. The molecular weight excluding hydrogens is 308 g/mol. The van der Waals surface area contributed by atoms with Gasteiger partial charge < -0.3 is 20.0 Å². The molecule has 1 rings (SSSR count). The van der Waals surface area contributed by atoms with E-state index in [2.05, 4.69) is 40.8 Å². The van der Waals surface area contributed by atoms with Crippen LogP contribution in [0.2, 0.25) is 0 Å². The molecule has 0 saturated carbocycles. The molecule has 0 bridgehead atoms. The Bertz CT molecular complexity index is 212. The van der Waals surface area contributed by atoms with Crippen LogP contribution in [0.25, 0.3) is 0 Å². The number of hydrogen-bond acceptors (Lipinski definition) is 4. The normalized spacial score (nSPS) is 18.6. The Morgan fingerprint density at radius 2 is 0.840 bits per heavy atom. The van der Waals surface area contributed by atoms with Crippen LogP contribution in [0.1, 0.15) is 68.7 Å². The van der Waals surface area contributed by atoms with E-state index in [1.807, 2.05) is 41.5 Å². The van der Waals surface area contributed by atoms with Crippen molar-refractivity contribution in [2.75, 3.05) is 72.0 Å². The van der Waals surface area contributed by atoms with Crippen LogP contribution in [0.3, 0.4) is 0 Å². The maximum absolute atomic E-state index is 3.58. The van der Waals surface area contributed by atoms with Crippen LogP contribution in [-0.2, 0) is 0 Å². The molecule has 0 spiro atoms. The Morgan fingerprint density at radius 1 is 0.520 bits per heavy atom. The van der Waals surface area contributed by atoms with Gasteiger partial charge in [-0.1, -0.05) is 62.3 Å². The van der Waals surface area contributed by atoms with Crippen LogP contribution in [0.15, 0.2) is 0 Å². The lowest BCUT2D eigenvalue weighted by atomic mass is 10.3. The molecule has 0 aromatic heterocycles. The lowest BCUT2D eigenvalue weighted by Crippen LogP contribution is -2.39. The topological polar surface area (TPSA) is 21.8 Å². The number of rotatable bonds is 3. The van der Waals surface area contributed by atoms with E-state index in [1.54, 1.807) is 0 Å². The fourth-order valence-corrected chi connectivity index (χ4v) is 2.68. The lowest BCUT2D eigenvalue weighted by molar-refractivity contribution is 0.207. The van der Waals surface area contributed by atoms with Crippen molar-refractivity contribution in [1.29, 1.82) is 0 Å². The molecule has 0 atom stereocenters. The summed E-state index contributed by atoms with van der Waals surface area (Å²) in [5.41, 5.74) is 0. The van der Waals surface area contributed by atoms with E-state index >= 15 is 0 Å². The molecule has 1 N–H and O–H groups in total. The average Bonchev–Trinajstić information content (AvgIpc) is 2.72. The molecule has 1 aliphatic heterocycles. The number of likely N-dealkylation sites (N-methyl/N-ethyl adjacent to an activating group) is 3. The molecule has 1 heterocycles. The predicted octanol–water partition coefficient (Wildman–Crippen LogP) is 4.02. The highest BCUT2D eigenvalue weighted by Crippen LogP contribution is 1.98. The predicted molar refractivity (Wildman–Crippen MR) is 118 cm³/mol. The van der Waals surface area contributed by atoms with Gasteiger partial charge in [0.05, 0.1) is 0 Å². The second kappa shape index (κ2) is 26.1. The standard InChI is InChI=1S/C15H34N4.3C2H6/c1-4-17-10-7-11-18(5-2)14-15-19(6-3)13-9-16-8-12-17;3*1-2/h16H,4-15H2,1-3H3;3*1-2H3. The highest BCUT2D eigenvalue weighted by Gasteiger charge is 2.09. The molecule has 1 fully saturated rings.